The van der Waals surface area contributed by atoms with Crippen molar-refractivity contribution in [2.75, 3.05) is 6.61 Å². The Kier molecular flexibility index (Phi) is 3.79. The zero-order valence-electron chi connectivity index (χ0n) is 6.71. The SMILES string of the molecule is CCO[P+](Cl)(Cl)c1ccccc1. The van der Waals surface area contributed by atoms with Crippen LogP contribution in [0.25, 0.3) is 0 Å². The fourth-order valence-electron chi connectivity index (χ4n) is 0.838. The predicted octanol–water partition coefficient (Wildman–Crippen LogP) is 3.59. The summed E-state index contributed by atoms with van der Waals surface area (Å²) < 4.78 is 5.26. The Morgan fingerprint density at radius 1 is 1.25 bits per heavy atom. The molecule has 0 atom stereocenters. The van der Waals surface area contributed by atoms with Gasteiger partial charge in [-0.25, -0.2) is 0 Å². The van der Waals surface area contributed by atoms with Gasteiger partial charge in [0.25, 0.3) is 0 Å². The van der Waals surface area contributed by atoms with Crippen LogP contribution in [0.3, 0.4) is 0 Å². The highest BCUT2D eigenvalue weighted by Gasteiger charge is 2.39. The molecular weight excluding hydrogens is 214 g/mol. The number of hydrogen-bond acceptors (Lipinski definition) is 1. The van der Waals surface area contributed by atoms with E-state index in [1.165, 1.54) is 0 Å². The van der Waals surface area contributed by atoms with Gasteiger partial charge in [-0.3, -0.25) is 0 Å². The van der Waals surface area contributed by atoms with Gasteiger partial charge in [0.05, 0.1) is 6.61 Å². The third kappa shape index (κ3) is 2.60. The van der Waals surface area contributed by atoms with Gasteiger partial charge in [0.1, 0.15) is 22.5 Å². The van der Waals surface area contributed by atoms with E-state index in [1.54, 1.807) is 0 Å². The van der Waals surface area contributed by atoms with Gasteiger partial charge in [-0.15, -0.1) is 0 Å². The van der Waals surface area contributed by atoms with Crippen LogP contribution in [-0.2, 0) is 4.52 Å². The molecule has 0 fully saturated rings. The van der Waals surface area contributed by atoms with Crippen molar-refractivity contribution in [3.8, 4) is 0 Å². The molecule has 66 valence electrons. The maximum absolute atomic E-state index is 6.02. The number of hydrogen-bond donors (Lipinski definition) is 0. The summed E-state index contributed by atoms with van der Waals surface area (Å²) in [5.41, 5.74) is 0. The molecule has 0 saturated carbocycles. The first kappa shape index (κ1) is 10.3. The van der Waals surface area contributed by atoms with Crippen LogP contribution in [0.1, 0.15) is 6.92 Å². The summed E-state index contributed by atoms with van der Waals surface area (Å²) in [6, 6.07) is 9.47. The van der Waals surface area contributed by atoms with Crippen molar-refractivity contribution >= 4 is 34.0 Å². The second kappa shape index (κ2) is 4.43. The molecule has 0 heterocycles. The molecule has 0 aromatic heterocycles. The zero-order chi connectivity index (χ0) is 9.03. The topological polar surface area (TPSA) is 9.23 Å². The third-order valence-electron chi connectivity index (χ3n) is 1.35. The number of rotatable bonds is 3. The lowest BCUT2D eigenvalue weighted by molar-refractivity contribution is 0.387. The molecule has 0 spiro atoms. The molecule has 0 aliphatic carbocycles. The van der Waals surface area contributed by atoms with E-state index in [1.807, 2.05) is 37.3 Å². The van der Waals surface area contributed by atoms with Crippen LogP contribution in [-0.4, -0.2) is 6.61 Å². The summed E-state index contributed by atoms with van der Waals surface area (Å²) in [5.74, 6) is 0. The molecule has 0 aliphatic rings. The highest BCUT2D eigenvalue weighted by Crippen LogP contribution is 2.68. The number of halogens is 2. The van der Waals surface area contributed by atoms with E-state index in [4.69, 9.17) is 27.0 Å². The smallest absolute Gasteiger partial charge is 0.196 e. The average Bonchev–Trinajstić information content (AvgIpc) is 2.06. The number of benzene rings is 1. The lowest BCUT2D eigenvalue weighted by atomic mass is 10.4. The Morgan fingerprint density at radius 3 is 2.33 bits per heavy atom. The van der Waals surface area contributed by atoms with Crippen molar-refractivity contribution in [3.63, 3.8) is 0 Å². The predicted molar refractivity (Wildman–Crippen MR) is 56.3 cm³/mol. The summed E-state index contributed by atoms with van der Waals surface area (Å²) in [5, 5.41) is 0.871. The normalized spacial score (nSPS) is 11.6. The summed E-state index contributed by atoms with van der Waals surface area (Å²) in [7, 11) is 0. The van der Waals surface area contributed by atoms with Gasteiger partial charge in [0.15, 0.2) is 5.30 Å². The molecule has 4 heteroatoms. The van der Waals surface area contributed by atoms with E-state index < -0.39 is 6.19 Å². The average molecular weight is 224 g/mol. The highest BCUT2D eigenvalue weighted by atomic mass is 35.9. The first-order valence-electron chi connectivity index (χ1n) is 3.65. The Labute approximate surface area is 82.6 Å². The molecule has 1 nitrogen and oxygen atoms in total. The summed E-state index contributed by atoms with van der Waals surface area (Å²) in [6.07, 6.45) is -2.35. The molecule has 0 saturated heterocycles. The van der Waals surface area contributed by atoms with Crippen LogP contribution >= 0.6 is 28.7 Å². The van der Waals surface area contributed by atoms with Gasteiger partial charge in [0, 0.05) is 0 Å². The Morgan fingerprint density at radius 2 is 1.83 bits per heavy atom. The second-order valence-electron chi connectivity index (χ2n) is 2.22. The van der Waals surface area contributed by atoms with Crippen LogP contribution in [0.5, 0.6) is 0 Å². The third-order valence-corrected chi connectivity index (χ3v) is 4.59. The highest BCUT2D eigenvalue weighted by molar-refractivity contribution is 8.18. The first-order valence-corrected chi connectivity index (χ1v) is 7.17. The van der Waals surface area contributed by atoms with Crippen molar-refractivity contribution in [2.24, 2.45) is 0 Å². The maximum atomic E-state index is 6.02. The van der Waals surface area contributed by atoms with Crippen molar-refractivity contribution in [3.05, 3.63) is 30.3 Å². The van der Waals surface area contributed by atoms with E-state index in [0.29, 0.717) is 6.61 Å². The fourth-order valence-corrected chi connectivity index (χ4v) is 3.09. The molecule has 12 heavy (non-hydrogen) atoms. The minimum atomic E-state index is -2.35. The van der Waals surface area contributed by atoms with E-state index >= 15 is 0 Å². The minimum Gasteiger partial charge on any atom is -0.196 e. The lowest BCUT2D eigenvalue weighted by Crippen LogP contribution is -2.03. The van der Waals surface area contributed by atoms with Crippen LogP contribution in [0.4, 0.5) is 0 Å². The van der Waals surface area contributed by atoms with Crippen LogP contribution in [0.15, 0.2) is 30.3 Å². The summed E-state index contributed by atoms with van der Waals surface area (Å²) in [6.45, 7) is 2.41. The molecule has 0 unspecified atom stereocenters. The maximum Gasteiger partial charge on any atom is 0.371 e. The van der Waals surface area contributed by atoms with Crippen LogP contribution in [0, 0.1) is 0 Å². The van der Waals surface area contributed by atoms with Crippen LogP contribution in [0.2, 0.25) is 0 Å². The van der Waals surface area contributed by atoms with Gasteiger partial charge < -0.3 is 0 Å². The van der Waals surface area contributed by atoms with Crippen molar-refractivity contribution in [1.82, 2.24) is 0 Å². The van der Waals surface area contributed by atoms with E-state index in [9.17, 15) is 0 Å². The molecule has 1 aromatic rings. The molecule has 0 aliphatic heterocycles. The summed E-state index contributed by atoms with van der Waals surface area (Å²) in [4.78, 5) is 0. The molecule has 0 amide bonds. The second-order valence-corrected chi connectivity index (χ2v) is 7.29. The van der Waals surface area contributed by atoms with E-state index in [2.05, 4.69) is 0 Å². The van der Waals surface area contributed by atoms with Gasteiger partial charge in [0.2, 0.25) is 0 Å². The zero-order valence-corrected chi connectivity index (χ0v) is 9.11. The minimum absolute atomic E-state index is 0.537. The molecule has 0 radical (unpaired) electrons. The van der Waals surface area contributed by atoms with Gasteiger partial charge >= 0.3 is 6.19 Å². The molecule has 0 N–H and O–H groups in total. The Balaban J connectivity index is 2.82. The van der Waals surface area contributed by atoms with Gasteiger partial charge in [-0.1, -0.05) is 18.2 Å². The molecule has 0 bridgehead atoms. The molecule has 1 rings (SSSR count). The Bertz CT molecular complexity index is 238. The van der Waals surface area contributed by atoms with Gasteiger partial charge in [-0.2, -0.15) is 4.52 Å². The van der Waals surface area contributed by atoms with Crippen LogP contribution < -0.4 is 5.30 Å². The summed E-state index contributed by atoms with van der Waals surface area (Å²) >= 11 is 12.0. The van der Waals surface area contributed by atoms with Crippen molar-refractivity contribution in [2.45, 2.75) is 6.92 Å². The van der Waals surface area contributed by atoms with Crippen molar-refractivity contribution in [1.29, 1.82) is 0 Å². The lowest BCUT2D eigenvalue weighted by Gasteiger charge is -2.06. The first-order chi connectivity index (χ1) is 5.67. The fraction of sp³-hybridized carbons (Fsp3) is 0.250. The van der Waals surface area contributed by atoms with Crippen molar-refractivity contribution < 1.29 is 4.52 Å². The standard InChI is InChI=1S/C8H10Cl2OP/c1-2-11-12(9,10)8-6-4-3-5-7-8/h3-7H,2H2,1H3/q+1. The molecular formula is C8H10Cl2OP+. The monoisotopic (exact) mass is 223 g/mol. The molecule has 1 aromatic carbocycles. The quantitative estimate of drug-likeness (QED) is 0.713. The Hall–Kier alpha value is 0.190. The largest absolute Gasteiger partial charge is 0.371 e. The van der Waals surface area contributed by atoms with Gasteiger partial charge in [-0.05, 0) is 19.1 Å². The van der Waals surface area contributed by atoms with E-state index in [0.717, 1.165) is 5.30 Å². The van der Waals surface area contributed by atoms with E-state index in [-0.39, 0.29) is 0 Å².